The number of nitrogens with one attached hydrogen (secondary N) is 1. The van der Waals surface area contributed by atoms with Crippen LogP contribution in [0.3, 0.4) is 0 Å². The number of hydrogen-bond acceptors (Lipinski definition) is 3. The second kappa shape index (κ2) is 6.86. The fraction of sp³-hybridized carbons (Fsp3) is 0.0667. The number of hydrogen-bond donors (Lipinski definition) is 1. The summed E-state index contributed by atoms with van der Waals surface area (Å²) in [4.78, 5) is 11.8. The summed E-state index contributed by atoms with van der Waals surface area (Å²) >= 11 is 3.20. The maximum absolute atomic E-state index is 13.1. The number of benzene rings is 2. The van der Waals surface area contributed by atoms with Gasteiger partial charge in [0, 0.05) is 6.07 Å². The summed E-state index contributed by atoms with van der Waals surface area (Å²) in [5, 5.41) is 11.5. The number of carbonyl (C=O) groups is 1. The lowest BCUT2D eigenvalue weighted by Gasteiger charge is -2.09. The first-order valence-corrected chi connectivity index (χ1v) is 6.76. The zero-order valence-electron chi connectivity index (χ0n) is 10.8. The molecule has 1 amide bonds. The zero-order chi connectivity index (χ0) is 15.2. The molecule has 0 fully saturated rings. The monoisotopic (exact) mass is 348 g/mol. The molecule has 2 aromatic carbocycles. The van der Waals surface area contributed by atoms with Crippen LogP contribution in [0.5, 0.6) is 5.75 Å². The van der Waals surface area contributed by atoms with Crippen molar-refractivity contribution in [2.24, 2.45) is 0 Å². The van der Waals surface area contributed by atoms with Gasteiger partial charge in [-0.1, -0.05) is 12.1 Å². The van der Waals surface area contributed by atoms with Gasteiger partial charge in [0.15, 0.2) is 6.61 Å². The SMILES string of the molecule is N#Cc1ccccc1NC(=O)COc1cc(F)ccc1Br. The second-order valence-corrected chi connectivity index (χ2v) is 4.92. The molecule has 106 valence electrons. The Bertz CT molecular complexity index is 713. The van der Waals surface area contributed by atoms with Crippen molar-refractivity contribution in [1.82, 2.24) is 0 Å². The Morgan fingerprint density at radius 3 is 2.86 bits per heavy atom. The summed E-state index contributed by atoms with van der Waals surface area (Å²) in [6, 6.07) is 12.6. The van der Waals surface area contributed by atoms with Gasteiger partial charge in [-0.25, -0.2) is 4.39 Å². The van der Waals surface area contributed by atoms with E-state index in [9.17, 15) is 9.18 Å². The van der Waals surface area contributed by atoms with Crippen molar-refractivity contribution in [1.29, 1.82) is 5.26 Å². The number of carbonyl (C=O) groups excluding carboxylic acids is 1. The van der Waals surface area contributed by atoms with Crippen LogP contribution in [0.1, 0.15) is 5.56 Å². The van der Waals surface area contributed by atoms with Crippen LogP contribution in [-0.2, 0) is 4.79 Å². The average Bonchev–Trinajstić information content (AvgIpc) is 2.49. The molecule has 0 bridgehead atoms. The summed E-state index contributed by atoms with van der Waals surface area (Å²) in [6.07, 6.45) is 0. The molecule has 1 N–H and O–H groups in total. The predicted octanol–water partition coefficient (Wildman–Crippen LogP) is 3.48. The normalized spacial score (nSPS) is 9.76. The van der Waals surface area contributed by atoms with Gasteiger partial charge in [0.05, 0.1) is 15.7 Å². The van der Waals surface area contributed by atoms with Crippen LogP contribution in [0.15, 0.2) is 46.9 Å². The van der Waals surface area contributed by atoms with Gasteiger partial charge in [0.25, 0.3) is 5.91 Å². The van der Waals surface area contributed by atoms with Gasteiger partial charge in [-0.3, -0.25) is 4.79 Å². The van der Waals surface area contributed by atoms with Crippen molar-refractivity contribution in [2.45, 2.75) is 0 Å². The Kier molecular flexibility index (Phi) is 4.90. The van der Waals surface area contributed by atoms with E-state index < -0.39 is 11.7 Å². The minimum absolute atomic E-state index is 0.235. The number of rotatable bonds is 4. The molecule has 0 aromatic heterocycles. The van der Waals surface area contributed by atoms with Crippen LogP contribution in [0, 0.1) is 17.1 Å². The Hall–Kier alpha value is -2.39. The fourth-order valence-corrected chi connectivity index (χ4v) is 1.97. The van der Waals surface area contributed by atoms with Crippen LogP contribution in [0.4, 0.5) is 10.1 Å². The van der Waals surface area contributed by atoms with Gasteiger partial charge in [0.1, 0.15) is 17.6 Å². The van der Waals surface area contributed by atoms with Gasteiger partial charge in [-0.05, 0) is 40.2 Å². The van der Waals surface area contributed by atoms with E-state index in [1.807, 2.05) is 6.07 Å². The number of halogens is 2. The molecule has 0 radical (unpaired) electrons. The molecule has 0 aliphatic heterocycles. The molecule has 2 aromatic rings. The summed E-state index contributed by atoms with van der Waals surface area (Å²) < 4.78 is 18.9. The topological polar surface area (TPSA) is 62.1 Å². The van der Waals surface area contributed by atoms with Gasteiger partial charge < -0.3 is 10.1 Å². The lowest BCUT2D eigenvalue weighted by atomic mass is 10.2. The van der Waals surface area contributed by atoms with E-state index in [0.717, 1.165) is 0 Å². The van der Waals surface area contributed by atoms with Crippen LogP contribution < -0.4 is 10.1 Å². The number of para-hydroxylation sites is 1. The fourth-order valence-electron chi connectivity index (χ4n) is 1.61. The molecule has 0 aliphatic carbocycles. The molecule has 0 unspecified atom stereocenters. The molecule has 2 rings (SSSR count). The number of nitrogens with zero attached hydrogens (tertiary/aromatic N) is 1. The first-order valence-electron chi connectivity index (χ1n) is 5.97. The van der Waals surface area contributed by atoms with E-state index in [0.29, 0.717) is 15.7 Å². The lowest BCUT2D eigenvalue weighted by Crippen LogP contribution is -2.20. The third-order valence-corrected chi connectivity index (χ3v) is 3.23. The highest BCUT2D eigenvalue weighted by molar-refractivity contribution is 9.10. The van der Waals surface area contributed by atoms with Crippen LogP contribution in [0.2, 0.25) is 0 Å². The Balaban J connectivity index is 2.00. The van der Waals surface area contributed by atoms with Crippen LogP contribution in [-0.4, -0.2) is 12.5 Å². The van der Waals surface area contributed by atoms with Crippen molar-refractivity contribution in [2.75, 3.05) is 11.9 Å². The maximum atomic E-state index is 13.1. The molecule has 21 heavy (non-hydrogen) atoms. The van der Waals surface area contributed by atoms with Crippen LogP contribution >= 0.6 is 15.9 Å². The van der Waals surface area contributed by atoms with Crippen molar-refractivity contribution >= 4 is 27.5 Å². The van der Waals surface area contributed by atoms with E-state index in [4.69, 9.17) is 10.00 Å². The smallest absolute Gasteiger partial charge is 0.262 e. The number of anilines is 1. The Morgan fingerprint density at radius 1 is 1.33 bits per heavy atom. The number of ether oxygens (including phenoxy) is 1. The van der Waals surface area contributed by atoms with E-state index >= 15 is 0 Å². The highest BCUT2D eigenvalue weighted by Gasteiger charge is 2.09. The van der Waals surface area contributed by atoms with Crippen molar-refractivity contribution in [3.05, 3.63) is 58.3 Å². The summed E-state index contributed by atoms with van der Waals surface area (Å²) in [5.74, 6) is -0.656. The van der Waals surface area contributed by atoms with Gasteiger partial charge in [0.2, 0.25) is 0 Å². The summed E-state index contributed by atoms with van der Waals surface area (Å²) in [5.41, 5.74) is 0.768. The van der Waals surface area contributed by atoms with Gasteiger partial charge in [-0.2, -0.15) is 5.26 Å². The molecular weight excluding hydrogens is 339 g/mol. The van der Waals surface area contributed by atoms with E-state index in [-0.39, 0.29) is 12.4 Å². The van der Waals surface area contributed by atoms with Gasteiger partial charge in [-0.15, -0.1) is 0 Å². The zero-order valence-corrected chi connectivity index (χ0v) is 12.4. The Labute approximate surface area is 129 Å². The Morgan fingerprint density at radius 2 is 2.10 bits per heavy atom. The predicted molar refractivity (Wildman–Crippen MR) is 79.4 cm³/mol. The molecule has 0 saturated carbocycles. The molecule has 0 heterocycles. The third kappa shape index (κ3) is 4.04. The summed E-state index contributed by atoms with van der Waals surface area (Å²) in [7, 11) is 0. The molecule has 0 aliphatic rings. The van der Waals surface area contributed by atoms with E-state index in [1.165, 1.54) is 18.2 Å². The summed E-state index contributed by atoms with van der Waals surface area (Å²) in [6.45, 7) is -0.290. The van der Waals surface area contributed by atoms with E-state index in [2.05, 4.69) is 21.2 Å². The average molecular weight is 349 g/mol. The largest absolute Gasteiger partial charge is 0.482 e. The van der Waals surface area contributed by atoms with Crippen molar-refractivity contribution < 1.29 is 13.9 Å². The molecule has 0 spiro atoms. The lowest BCUT2D eigenvalue weighted by molar-refractivity contribution is -0.118. The molecule has 4 nitrogen and oxygen atoms in total. The molecule has 6 heteroatoms. The van der Waals surface area contributed by atoms with Crippen molar-refractivity contribution in [3.63, 3.8) is 0 Å². The number of amides is 1. The molecule has 0 atom stereocenters. The molecule has 0 saturated heterocycles. The highest BCUT2D eigenvalue weighted by atomic mass is 79.9. The first kappa shape index (κ1) is 15.0. The second-order valence-electron chi connectivity index (χ2n) is 4.07. The van der Waals surface area contributed by atoms with Crippen molar-refractivity contribution in [3.8, 4) is 11.8 Å². The van der Waals surface area contributed by atoms with E-state index in [1.54, 1.807) is 24.3 Å². The van der Waals surface area contributed by atoms with Crippen LogP contribution in [0.25, 0.3) is 0 Å². The quantitative estimate of drug-likeness (QED) is 0.919. The number of nitriles is 1. The van der Waals surface area contributed by atoms with Gasteiger partial charge >= 0.3 is 0 Å². The minimum Gasteiger partial charge on any atom is -0.482 e. The molecular formula is C15H10BrFN2O2. The maximum Gasteiger partial charge on any atom is 0.262 e. The first-order chi connectivity index (χ1) is 10.1. The third-order valence-electron chi connectivity index (χ3n) is 2.57. The minimum atomic E-state index is -0.455. The standard InChI is InChI=1S/C15H10BrFN2O2/c16-12-6-5-11(17)7-14(12)21-9-15(20)19-13-4-2-1-3-10(13)8-18/h1-7H,9H2,(H,19,20). The highest BCUT2D eigenvalue weighted by Crippen LogP contribution is 2.25.